The number of rotatable bonds is 8. The Bertz CT molecular complexity index is 700. The van der Waals surface area contributed by atoms with E-state index in [1.165, 1.54) is 23.8 Å². The van der Waals surface area contributed by atoms with E-state index in [2.05, 4.69) is 35.7 Å². The summed E-state index contributed by atoms with van der Waals surface area (Å²) in [4.78, 5) is 25.3. The van der Waals surface area contributed by atoms with Gasteiger partial charge in [0.1, 0.15) is 0 Å². The van der Waals surface area contributed by atoms with Crippen molar-refractivity contribution in [2.75, 3.05) is 19.6 Å². The van der Waals surface area contributed by atoms with Crippen LogP contribution in [0.15, 0.2) is 66.4 Å². The highest BCUT2D eigenvalue weighted by Crippen LogP contribution is 2.22. The second-order valence-electron chi connectivity index (χ2n) is 6.58. The SMILES string of the molecule is C=C/C=C(C(=O)CN1CCC(Cc2ccccc2)CC1)\C(=C/C)[N+](=O)[O-].CC. The second-order valence-corrected chi connectivity index (χ2v) is 6.58. The molecule has 1 aromatic rings. The predicted molar refractivity (Wildman–Crippen MR) is 115 cm³/mol. The van der Waals surface area contributed by atoms with E-state index < -0.39 is 4.92 Å². The van der Waals surface area contributed by atoms with Gasteiger partial charge in [0.25, 0.3) is 5.70 Å². The summed E-state index contributed by atoms with van der Waals surface area (Å²) in [5.74, 6) is 0.396. The molecule has 152 valence electrons. The molecule has 1 fully saturated rings. The molecule has 0 N–H and O–H groups in total. The Morgan fingerprint density at radius 1 is 1.25 bits per heavy atom. The minimum Gasteiger partial charge on any atom is -0.296 e. The fourth-order valence-corrected chi connectivity index (χ4v) is 3.38. The molecule has 5 nitrogen and oxygen atoms in total. The van der Waals surface area contributed by atoms with E-state index in [1.54, 1.807) is 6.92 Å². The number of piperidine rings is 1. The van der Waals surface area contributed by atoms with Crippen LogP contribution < -0.4 is 0 Å². The van der Waals surface area contributed by atoms with Crippen LogP contribution in [-0.4, -0.2) is 35.2 Å². The molecule has 2 rings (SSSR count). The third-order valence-electron chi connectivity index (χ3n) is 4.77. The number of carbonyl (C=O) groups excluding carboxylic acids is 1. The maximum Gasteiger partial charge on any atom is 0.275 e. The molecule has 0 radical (unpaired) electrons. The van der Waals surface area contributed by atoms with Crippen molar-refractivity contribution in [2.24, 2.45) is 5.92 Å². The Hall–Kier alpha value is -2.53. The smallest absolute Gasteiger partial charge is 0.275 e. The Morgan fingerprint density at radius 3 is 2.36 bits per heavy atom. The number of allylic oxidation sites excluding steroid dienone is 4. The molecule has 1 aliphatic rings. The van der Waals surface area contributed by atoms with Gasteiger partial charge < -0.3 is 0 Å². The minimum atomic E-state index is -0.515. The first-order valence-corrected chi connectivity index (χ1v) is 9.98. The summed E-state index contributed by atoms with van der Waals surface area (Å²) in [5, 5.41) is 11.2. The lowest BCUT2D eigenvalue weighted by atomic mass is 9.90. The molecule has 0 bridgehead atoms. The lowest BCUT2D eigenvalue weighted by Gasteiger charge is -2.31. The first-order valence-electron chi connectivity index (χ1n) is 9.98. The van der Waals surface area contributed by atoms with Crippen LogP contribution >= 0.6 is 0 Å². The quantitative estimate of drug-likeness (QED) is 0.279. The molecule has 0 aromatic heterocycles. The summed E-state index contributed by atoms with van der Waals surface area (Å²) in [6.45, 7) is 11.0. The minimum absolute atomic E-state index is 0.124. The van der Waals surface area contributed by atoms with Crippen LogP contribution in [0.1, 0.15) is 39.2 Å². The van der Waals surface area contributed by atoms with Crippen LogP contribution in [-0.2, 0) is 11.2 Å². The van der Waals surface area contributed by atoms with Gasteiger partial charge in [-0.2, -0.15) is 0 Å². The zero-order valence-corrected chi connectivity index (χ0v) is 17.3. The molecule has 1 aromatic carbocycles. The molecule has 1 aliphatic heterocycles. The maximum atomic E-state index is 12.6. The average molecular weight is 385 g/mol. The third-order valence-corrected chi connectivity index (χ3v) is 4.77. The second kappa shape index (κ2) is 12.8. The van der Waals surface area contributed by atoms with E-state index in [0.717, 1.165) is 32.4 Å². The van der Waals surface area contributed by atoms with E-state index in [9.17, 15) is 14.9 Å². The van der Waals surface area contributed by atoms with Gasteiger partial charge in [-0.3, -0.25) is 19.8 Å². The van der Waals surface area contributed by atoms with Crippen molar-refractivity contribution in [3.63, 3.8) is 0 Å². The molecule has 0 amide bonds. The zero-order chi connectivity index (χ0) is 20.9. The van der Waals surface area contributed by atoms with Gasteiger partial charge in [0, 0.05) is 0 Å². The van der Waals surface area contributed by atoms with Crippen molar-refractivity contribution in [3.05, 3.63) is 82.1 Å². The molecule has 0 saturated carbocycles. The molecule has 28 heavy (non-hydrogen) atoms. The van der Waals surface area contributed by atoms with Gasteiger partial charge in [0.05, 0.1) is 17.0 Å². The molecule has 0 aliphatic carbocycles. The molecule has 0 atom stereocenters. The summed E-state index contributed by atoms with van der Waals surface area (Å²) >= 11 is 0. The number of ketones is 1. The van der Waals surface area contributed by atoms with Gasteiger partial charge in [0.15, 0.2) is 5.78 Å². The molecule has 5 heteroatoms. The Labute approximate surface area is 168 Å². The number of carbonyl (C=O) groups is 1. The number of nitro groups is 1. The van der Waals surface area contributed by atoms with Crippen LogP contribution in [0.4, 0.5) is 0 Å². The maximum absolute atomic E-state index is 12.6. The highest BCUT2D eigenvalue weighted by molar-refractivity contribution is 6.00. The standard InChI is InChI=1S/C21H26N2O3.C2H6/c1-3-8-19(20(4-2)23(25)26)21(24)16-22-13-11-18(12-14-22)15-17-9-6-5-7-10-17;1-2/h3-10,18H,1,11-16H2,2H3;1-2H3/b19-8+,20-4+;. The number of hydrogen-bond donors (Lipinski definition) is 0. The summed E-state index contributed by atoms with van der Waals surface area (Å²) in [5.41, 5.74) is 1.31. The molecule has 0 spiro atoms. The average Bonchev–Trinajstić information content (AvgIpc) is 2.71. The predicted octanol–water partition coefficient (Wildman–Crippen LogP) is 4.83. The topological polar surface area (TPSA) is 63.5 Å². The number of Topliss-reactive ketones (excluding diaryl/α,β-unsaturated/α-hetero) is 1. The van der Waals surface area contributed by atoms with Gasteiger partial charge in [-0.25, -0.2) is 0 Å². The molecular weight excluding hydrogens is 352 g/mol. The van der Waals surface area contributed by atoms with Crippen LogP contribution in [0.2, 0.25) is 0 Å². The van der Waals surface area contributed by atoms with Crippen molar-refractivity contribution in [3.8, 4) is 0 Å². The van der Waals surface area contributed by atoms with Gasteiger partial charge >= 0.3 is 0 Å². The lowest BCUT2D eigenvalue weighted by molar-refractivity contribution is -0.420. The van der Waals surface area contributed by atoms with E-state index in [-0.39, 0.29) is 23.6 Å². The van der Waals surface area contributed by atoms with E-state index in [1.807, 2.05) is 19.9 Å². The van der Waals surface area contributed by atoms with Crippen molar-refractivity contribution < 1.29 is 9.72 Å². The van der Waals surface area contributed by atoms with Crippen molar-refractivity contribution in [1.29, 1.82) is 0 Å². The van der Waals surface area contributed by atoms with Crippen LogP contribution in [0, 0.1) is 16.0 Å². The summed E-state index contributed by atoms with van der Waals surface area (Å²) in [6, 6.07) is 10.4. The van der Waals surface area contributed by atoms with Gasteiger partial charge in [0.2, 0.25) is 0 Å². The lowest BCUT2D eigenvalue weighted by Crippen LogP contribution is -2.38. The first kappa shape index (κ1) is 23.5. The summed E-state index contributed by atoms with van der Waals surface area (Å²) < 4.78 is 0. The fraction of sp³-hybridized carbons (Fsp3) is 0.435. The monoisotopic (exact) mass is 384 g/mol. The zero-order valence-electron chi connectivity index (χ0n) is 17.3. The van der Waals surface area contributed by atoms with Gasteiger partial charge in [-0.05, 0) is 62.9 Å². The third kappa shape index (κ3) is 7.24. The van der Waals surface area contributed by atoms with Crippen molar-refractivity contribution in [1.82, 2.24) is 4.90 Å². The van der Waals surface area contributed by atoms with E-state index in [4.69, 9.17) is 0 Å². The van der Waals surface area contributed by atoms with E-state index in [0.29, 0.717) is 5.92 Å². The molecule has 0 unspecified atom stereocenters. The van der Waals surface area contributed by atoms with Gasteiger partial charge in [-0.1, -0.05) is 56.8 Å². The number of likely N-dealkylation sites (tertiary alicyclic amines) is 1. The van der Waals surface area contributed by atoms with Crippen molar-refractivity contribution in [2.45, 2.75) is 40.0 Å². The number of hydrogen-bond acceptors (Lipinski definition) is 4. The largest absolute Gasteiger partial charge is 0.296 e. The molecule has 1 saturated heterocycles. The Morgan fingerprint density at radius 2 is 1.86 bits per heavy atom. The Kier molecular flexibility index (Phi) is 10.7. The Balaban J connectivity index is 0.00000190. The highest BCUT2D eigenvalue weighted by atomic mass is 16.6. The number of benzene rings is 1. The van der Waals surface area contributed by atoms with Crippen LogP contribution in [0.25, 0.3) is 0 Å². The van der Waals surface area contributed by atoms with Gasteiger partial charge in [-0.15, -0.1) is 0 Å². The van der Waals surface area contributed by atoms with Crippen LogP contribution in [0.5, 0.6) is 0 Å². The normalized spacial score (nSPS) is 16.1. The fourth-order valence-electron chi connectivity index (χ4n) is 3.38. The molecular formula is C23H32N2O3. The first-order chi connectivity index (χ1) is 13.5. The molecule has 1 heterocycles. The van der Waals surface area contributed by atoms with E-state index >= 15 is 0 Å². The summed E-state index contributed by atoms with van der Waals surface area (Å²) in [7, 11) is 0. The highest BCUT2D eigenvalue weighted by Gasteiger charge is 2.26. The van der Waals surface area contributed by atoms with Crippen LogP contribution in [0.3, 0.4) is 0 Å². The van der Waals surface area contributed by atoms with Crippen molar-refractivity contribution >= 4 is 5.78 Å². The number of nitrogens with zero attached hydrogens (tertiary/aromatic N) is 2. The summed E-state index contributed by atoms with van der Waals surface area (Å²) in [6.07, 6.45) is 7.35.